The molecule has 1 aromatic rings. The Morgan fingerprint density at radius 3 is 2.86 bits per heavy atom. The third-order valence-corrected chi connectivity index (χ3v) is 3.67. The van der Waals surface area contributed by atoms with E-state index in [4.69, 9.17) is 9.84 Å². The second-order valence-corrected chi connectivity index (χ2v) is 5.68. The van der Waals surface area contributed by atoms with Gasteiger partial charge in [0.15, 0.2) is 0 Å². The van der Waals surface area contributed by atoms with Gasteiger partial charge in [0, 0.05) is 31.2 Å². The summed E-state index contributed by atoms with van der Waals surface area (Å²) in [4.78, 5) is 12.6. The average Bonchev–Trinajstić information content (AvgIpc) is 3.27. The van der Waals surface area contributed by atoms with E-state index in [2.05, 4.69) is 17.4 Å². The highest BCUT2D eigenvalue weighted by Gasteiger charge is 2.20. The number of aliphatic carboxylic acids is 1. The summed E-state index contributed by atoms with van der Waals surface area (Å²) in [6, 6.07) is 6.90. The highest BCUT2D eigenvalue weighted by Crippen LogP contribution is 2.24. The van der Waals surface area contributed by atoms with Gasteiger partial charge in [-0.1, -0.05) is 12.1 Å². The van der Waals surface area contributed by atoms with E-state index in [0.717, 1.165) is 24.4 Å². The second kappa shape index (κ2) is 7.43. The molecule has 0 bridgehead atoms. The van der Waals surface area contributed by atoms with Crippen LogP contribution >= 0.6 is 0 Å². The Hall–Kier alpha value is -1.59. The first-order valence-corrected chi connectivity index (χ1v) is 7.38. The molecule has 1 aliphatic rings. The van der Waals surface area contributed by atoms with Crippen LogP contribution in [-0.2, 0) is 17.9 Å². The summed E-state index contributed by atoms with van der Waals surface area (Å²) in [6.45, 7) is 2.10. The van der Waals surface area contributed by atoms with Crippen LogP contribution in [0.3, 0.4) is 0 Å². The molecule has 0 spiro atoms. The molecule has 5 heteroatoms. The van der Waals surface area contributed by atoms with Gasteiger partial charge in [-0.3, -0.25) is 4.79 Å². The molecule has 1 saturated carbocycles. The lowest BCUT2D eigenvalue weighted by Crippen LogP contribution is -2.21. The third-order valence-electron chi connectivity index (χ3n) is 3.67. The molecule has 0 aliphatic heterocycles. The van der Waals surface area contributed by atoms with Crippen LogP contribution in [0.25, 0.3) is 0 Å². The van der Waals surface area contributed by atoms with Crippen molar-refractivity contribution in [2.75, 3.05) is 20.7 Å². The summed E-state index contributed by atoms with van der Waals surface area (Å²) in [5, 5.41) is 12.2. The van der Waals surface area contributed by atoms with Crippen LogP contribution in [0.2, 0.25) is 0 Å². The molecule has 116 valence electrons. The van der Waals surface area contributed by atoms with Crippen LogP contribution < -0.4 is 10.1 Å². The Labute approximate surface area is 125 Å². The predicted octanol–water partition coefficient (Wildman–Crippen LogP) is 1.85. The van der Waals surface area contributed by atoms with E-state index >= 15 is 0 Å². The van der Waals surface area contributed by atoms with Gasteiger partial charge in [-0.05, 0) is 31.5 Å². The van der Waals surface area contributed by atoms with Gasteiger partial charge in [0.25, 0.3) is 0 Å². The van der Waals surface area contributed by atoms with Crippen LogP contribution in [0.1, 0.15) is 30.4 Å². The fourth-order valence-corrected chi connectivity index (χ4v) is 2.25. The van der Waals surface area contributed by atoms with E-state index < -0.39 is 5.97 Å². The minimum atomic E-state index is -0.763. The first-order valence-electron chi connectivity index (χ1n) is 7.38. The number of carboxylic acids is 1. The van der Waals surface area contributed by atoms with Gasteiger partial charge >= 0.3 is 5.97 Å². The van der Waals surface area contributed by atoms with Crippen LogP contribution in [0.5, 0.6) is 5.75 Å². The van der Waals surface area contributed by atoms with Crippen molar-refractivity contribution in [1.29, 1.82) is 0 Å². The zero-order chi connectivity index (χ0) is 15.2. The minimum absolute atomic E-state index is 0.164. The molecule has 1 aliphatic carbocycles. The van der Waals surface area contributed by atoms with Crippen molar-refractivity contribution in [3.63, 3.8) is 0 Å². The summed E-state index contributed by atoms with van der Waals surface area (Å²) in [6.07, 6.45) is 2.71. The number of ether oxygens (including phenoxy) is 1. The van der Waals surface area contributed by atoms with Gasteiger partial charge in [0.05, 0.1) is 13.5 Å². The Balaban J connectivity index is 1.91. The molecule has 0 saturated heterocycles. The molecular formula is C16H24N2O3. The summed E-state index contributed by atoms with van der Waals surface area (Å²) >= 11 is 0. The van der Waals surface area contributed by atoms with Crippen molar-refractivity contribution in [2.45, 2.75) is 38.4 Å². The Morgan fingerprint density at radius 1 is 1.48 bits per heavy atom. The quantitative estimate of drug-likeness (QED) is 0.727. The predicted molar refractivity (Wildman–Crippen MR) is 81.4 cm³/mol. The first kappa shape index (κ1) is 15.8. The average molecular weight is 292 g/mol. The van der Waals surface area contributed by atoms with Crippen LogP contribution in [0.15, 0.2) is 18.2 Å². The monoisotopic (exact) mass is 292 g/mol. The number of rotatable bonds is 9. The molecule has 2 N–H and O–H groups in total. The minimum Gasteiger partial charge on any atom is -0.496 e. The highest BCUT2D eigenvalue weighted by molar-refractivity contribution is 5.66. The van der Waals surface area contributed by atoms with Crippen molar-refractivity contribution in [1.82, 2.24) is 10.2 Å². The molecule has 21 heavy (non-hydrogen) atoms. The molecule has 1 aromatic carbocycles. The van der Waals surface area contributed by atoms with Crippen LogP contribution in [0, 0.1) is 0 Å². The van der Waals surface area contributed by atoms with Gasteiger partial charge in [0.2, 0.25) is 0 Å². The van der Waals surface area contributed by atoms with Crippen LogP contribution in [-0.4, -0.2) is 42.7 Å². The number of hydrogen-bond donors (Lipinski definition) is 2. The number of benzene rings is 1. The molecule has 0 heterocycles. The van der Waals surface area contributed by atoms with E-state index in [1.165, 1.54) is 18.4 Å². The summed E-state index contributed by atoms with van der Waals surface area (Å²) < 4.78 is 5.47. The Morgan fingerprint density at radius 2 is 2.24 bits per heavy atom. The molecule has 2 rings (SSSR count). The van der Waals surface area contributed by atoms with E-state index in [0.29, 0.717) is 12.6 Å². The van der Waals surface area contributed by atoms with E-state index in [-0.39, 0.29) is 6.42 Å². The summed E-state index contributed by atoms with van der Waals surface area (Å²) in [7, 11) is 3.62. The smallest absolute Gasteiger partial charge is 0.304 e. The molecular weight excluding hydrogens is 268 g/mol. The maximum absolute atomic E-state index is 10.6. The van der Waals surface area contributed by atoms with E-state index in [9.17, 15) is 4.79 Å². The third kappa shape index (κ3) is 5.36. The fraction of sp³-hybridized carbons (Fsp3) is 0.562. The molecule has 0 aromatic heterocycles. The first-order chi connectivity index (χ1) is 10.1. The van der Waals surface area contributed by atoms with E-state index in [1.54, 1.807) is 7.11 Å². The molecule has 5 nitrogen and oxygen atoms in total. The van der Waals surface area contributed by atoms with Crippen molar-refractivity contribution in [3.05, 3.63) is 29.3 Å². The zero-order valence-corrected chi connectivity index (χ0v) is 12.8. The molecule has 0 atom stereocenters. The number of methoxy groups -OCH3 is 1. The van der Waals surface area contributed by atoms with Crippen molar-refractivity contribution in [3.8, 4) is 5.75 Å². The highest BCUT2D eigenvalue weighted by atomic mass is 16.5. The molecule has 0 unspecified atom stereocenters. The molecule has 1 fully saturated rings. The Bertz CT molecular complexity index is 486. The van der Waals surface area contributed by atoms with Gasteiger partial charge in [-0.2, -0.15) is 0 Å². The second-order valence-electron chi connectivity index (χ2n) is 5.68. The lowest BCUT2D eigenvalue weighted by Gasteiger charge is -2.17. The van der Waals surface area contributed by atoms with Gasteiger partial charge in [-0.25, -0.2) is 0 Å². The van der Waals surface area contributed by atoms with E-state index in [1.807, 2.05) is 18.0 Å². The zero-order valence-electron chi connectivity index (χ0n) is 12.8. The van der Waals surface area contributed by atoms with Crippen molar-refractivity contribution < 1.29 is 14.6 Å². The number of nitrogens with one attached hydrogen (secondary N) is 1. The van der Waals surface area contributed by atoms with Crippen LogP contribution in [0.4, 0.5) is 0 Å². The van der Waals surface area contributed by atoms with Gasteiger partial charge in [-0.15, -0.1) is 0 Å². The fourth-order valence-electron chi connectivity index (χ4n) is 2.25. The molecule has 0 radical (unpaired) electrons. The number of carboxylic acid groups (broad SMARTS) is 1. The topological polar surface area (TPSA) is 61.8 Å². The number of hydrogen-bond acceptors (Lipinski definition) is 4. The standard InChI is InChI=1S/C16H24N2O3/c1-18(8-7-16(19)20)11-12-3-4-13(15(9-12)21-2)10-17-14-5-6-14/h3-4,9,14,17H,5-8,10-11H2,1-2H3,(H,19,20). The largest absolute Gasteiger partial charge is 0.496 e. The lowest BCUT2D eigenvalue weighted by molar-refractivity contribution is -0.137. The lowest BCUT2D eigenvalue weighted by atomic mass is 10.1. The molecule has 0 amide bonds. The number of carbonyl (C=O) groups is 1. The number of nitrogens with zero attached hydrogens (tertiary/aromatic N) is 1. The van der Waals surface area contributed by atoms with Crippen molar-refractivity contribution in [2.24, 2.45) is 0 Å². The maximum Gasteiger partial charge on any atom is 0.304 e. The Kier molecular flexibility index (Phi) is 5.59. The normalized spacial score (nSPS) is 14.4. The summed E-state index contributed by atoms with van der Waals surface area (Å²) in [5.74, 6) is 0.133. The maximum atomic E-state index is 10.6. The van der Waals surface area contributed by atoms with Gasteiger partial charge < -0.3 is 20.1 Å². The van der Waals surface area contributed by atoms with Gasteiger partial charge in [0.1, 0.15) is 5.75 Å². The van der Waals surface area contributed by atoms with Crippen molar-refractivity contribution >= 4 is 5.97 Å². The summed E-state index contributed by atoms with van der Waals surface area (Å²) in [5.41, 5.74) is 2.30. The SMILES string of the molecule is COc1cc(CN(C)CCC(=O)O)ccc1CNC1CC1.